The number of aliphatic imine (C=N–C) groups is 2. The van der Waals surface area contributed by atoms with Crippen LogP contribution in [-0.4, -0.2) is 96.6 Å². The molecule has 2 saturated heterocycles. The average Bonchev–Trinajstić information content (AvgIpc) is 3.93. The van der Waals surface area contributed by atoms with Gasteiger partial charge >= 0.3 is 18.3 Å². The Morgan fingerprint density at radius 3 is 1.45 bits per heavy atom. The van der Waals surface area contributed by atoms with E-state index in [4.69, 9.17) is 19.9 Å². The molecule has 2 aromatic carbocycles. The molecule has 2 aromatic rings. The number of ether oxygens (including phenoxy) is 3. The molecule has 0 saturated carbocycles. The number of allylic oxidation sites excluding steroid dienone is 2. The van der Waals surface area contributed by atoms with Crippen LogP contribution in [0.2, 0.25) is 0 Å². The summed E-state index contributed by atoms with van der Waals surface area (Å²) in [6, 6.07) is 10.7. The quantitative estimate of drug-likeness (QED) is 0.132. The molecule has 18 nitrogen and oxygen atoms in total. The number of nitrogens with one attached hydrogen (secondary N) is 5. The summed E-state index contributed by atoms with van der Waals surface area (Å²) in [6.45, 7) is 19.1. The summed E-state index contributed by atoms with van der Waals surface area (Å²) >= 11 is 0. The summed E-state index contributed by atoms with van der Waals surface area (Å²) in [5.41, 5.74) is 8.98. The van der Waals surface area contributed by atoms with Crippen molar-refractivity contribution in [1.82, 2.24) is 5.32 Å². The number of alkyl carbamates (subject to hydrolysis) is 1. The smallest absolute Gasteiger partial charge is 0.412 e. The van der Waals surface area contributed by atoms with Gasteiger partial charge in [-0.1, -0.05) is 12.2 Å². The van der Waals surface area contributed by atoms with Crippen LogP contribution in [0.15, 0.2) is 70.9 Å². The van der Waals surface area contributed by atoms with E-state index in [0.29, 0.717) is 60.1 Å². The largest absolute Gasteiger partial charge is 0.444 e. The predicted octanol–water partition coefficient (Wildman–Crippen LogP) is 8.08. The van der Waals surface area contributed by atoms with Crippen molar-refractivity contribution < 1.29 is 38.2 Å². The van der Waals surface area contributed by atoms with E-state index >= 15 is 0 Å². The van der Waals surface area contributed by atoms with Crippen LogP contribution in [0, 0.1) is 0 Å². The molecule has 0 bridgehead atoms. The number of amides is 5. The monoisotopic (exact) mass is 899 g/mol. The minimum absolute atomic E-state index is 0.0928. The van der Waals surface area contributed by atoms with Crippen molar-refractivity contribution in [2.75, 3.05) is 57.2 Å². The zero-order chi connectivity index (χ0) is 47.5. The third-order valence-corrected chi connectivity index (χ3v) is 9.88. The molecule has 4 heterocycles. The van der Waals surface area contributed by atoms with Crippen LogP contribution >= 0.6 is 0 Å². The topological polar surface area (TPSA) is 230 Å². The molecule has 0 radical (unpaired) electrons. The van der Waals surface area contributed by atoms with Crippen molar-refractivity contribution in [2.24, 2.45) is 15.7 Å². The first-order chi connectivity index (χ1) is 30.5. The van der Waals surface area contributed by atoms with Crippen molar-refractivity contribution in [2.45, 2.75) is 130 Å². The Bertz CT molecular complexity index is 2200. The maximum absolute atomic E-state index is 12.8. The molecular weight excluding hydrogens is 833 g/mol. The molecule has 0 unspecified atom stereocenters. The first-order valence-corrected chi connectivity index (χ1v) is 22.1. The molecule has 65 heavy (non-hydrogen) atoms. The minimum atomic E-state index is -0.640. The summed E-state index contributed by atoms with van der Waals surface area (Å²) in [5.74, 6) is -0.567. The Hall–Kier alpha value is -6.43. The molecule has 2 atom stereocenters. The summed E-state index contributed by atoms with van der Waals surface area (Å²) < 4.78 is 16.1. The van der Waals surface area contributed by atoms with E-state index in [-0.39, 0.29) is 23.9 Å². The van der Waals surface area contributed by atoms with Crippen LogP contribution in [0.3, 0.4) is 0 Å². The van der Waals surface area contributed by atoms with Gasteiger partial charge < -0.3 is 45.7 Å². The van der Waals surface area contributed by atoms with E-state index in [0.717, 1.165) is 50.1 Å². The lowest BCUT2D eigenvalue weighted by atomic mass is 10.0. The van der Waals surface area contributed by atoms with Crippen molar-refractivity contribution in [1.29, 1.82) is 0 Å². The minimum Gasteiger partial charge on any atom is -0.444 e. The van der Waals surface area contributed by atoms with E-state index < -0.39 is 35.1 Å². The molecule has 5 amide bonds. The highest BCUT2D eigenvalue weighted by molar-refractivity contribution is 6.44. The third-order valence-electron chi connectivity index (χ3n) is 9.88. The zero-order valence-electron chi connectivity index (χ0n) is 39.1. The van der Waals surface area contributed by atoms with Crippen LogP contribution in [0.1, 0.15) is 101 Å². The molecule has 7 N–H and O–H groups in total. The summed E-state index contributed by atoms with van der Waals surface area (Å²) in [7, 11) is 0. The number of nitrogens with two attached hydrogens (primary N) is 1. The number of hydrogen-bond acceptors (Lipinski definition) is 13. The van der Waals surface area contributed by atoms with Crippen molar-refractivity contribution in [3.05, 3.63) is 61.0 Å². The Balaban J connectivity index is 0.000000250. The summed E-state index contributed by atoms with van der Waals surface area (Å²) in [4.78, 5) is 74.6. The Morgan fingerprint density at radius 1 is 0.600 bits per heavy atom. The number of carbonyl (C=O) groups is 5. The van der Waals surface area contributed by atoms with Gasteiger partial charge in [-0.25, -0.2) is 14.4 Å². The highest BCUT2D eigenvalue weighted by Crippen LogP contribution is 2.34. The predicted molar refractivity (Wildman–Crippen MR) is 256 cm³/mol. The van der Waals surface area contributed by atoms with Crippen LogP contribution < -0.4 is 42.1 Å². The Labute approximate surface area is 381 Å². The van der Waals surface area contributed by atoms with Crippen molar-refractivity contribution in [3.8, 4) is 0 Å². The van der Waals surface area contributed by atoms with E-state index in [2.05, 4.69) is 46.4 Å². The van der Waals surface area contributed by atoms with Gasteiger partial charge in [0.2, 0.25) is 0 Å². The second-order valence-corrected chi connectivity index (χ2v) is 19.2. The van der Waals surface area contributed by atoms with Crippen molar-refractivity contribution >= 4 is 75.6 Å². The fraction of sp³-hybridized carbons (Fsp3) is 0.511. The molecule has 0 spiro atoms. The second-order valence-electron chi connectivity index (χ2n) is 19.2. The van der Waals surface area contributed by atoms with Crippen LogP contribution in [-0.2, 0) is 23.8 Å². The molecule has 2 fully saturated rings. The van der Waals surface area contributed by atoms with E-state index in [1.807, 2.05) is 45.1 Å². The second kappa shape index (κ2) is 21.5. The number of piperidine rings is 2. The molecule has 6 rings (SSSR count). The standard InChI is InChI=1S/C26H37N5O5.C21H29N5O3/c1-25(2,3)35-23(33)28-17-11-12-21(20(15-17)30-22(32)19-10-7-13-27-19)31-14-8-9-18(16-31)29-24(34)36-26(4,5)6;1-21(2,3)29-20(28)24-15-8-9-18(26-11-5-6-14(22)13-26)17(12-15)25-19(27)16-7-4-10-23-16/h7,11-13,15,18H,8-10,14,16H2,1-6H3,(H,28,33)(H,29,34)(H,30,32);4,8-10,12,14H,5-7,11,13,22H2,1-3H3,(H,24,28)(H,25,27)/t18-;14-/m11/s1. The van der Waals surface area contributed by atoms with Gasteiger partial charge in [0.25, 0.3) is 11.8 Å². The number of anilines is 6. The van der Waals surface area contributed by atoms with E-state index in [1.165, 1.54) is 0 Å². The number of benzene rings is 2. The first-order valence-electron chi connectivity index (χ1n) is 22.1. The fourth-order valence-corrected chi connectivity index (χ4v) is 7.25. The van der Waals surface area contributed by atoms with Gasteiger partial charge in [-0.05, 0) is 124 Å². The molecular formula is C47H66N10O8. The van der Waals surface area contributed by atoms with E-state index in [1.54, 1.807) is 78.2 Å². The van der Waals surface area contributed by atoms with Gasteiger partial charge in [-0.2, -0.15) is 0 Å². The zero-order valence-corrected chi connectivity index (χ0v) is 39.1. The lowest BCUT2D eigenvalue weighted by Gasteiger charge is -2.36. The molecule has 0 aromatic heterocycles. The fourth-order valence-electron chi connectivity index (χ4n) is 7.25. The van der Waals surface area contributed by atoms with Gasteiger partial charge in [-0.15, -0.1) is 0 Å². The number of carbonyl (C=O) groups excluding carboxylic acids is 5. The highest BCUT2D eigenvalue weighted by Gasteiger charge is 2.28. The highest BCUT2D eigenvalue weighted by atomic mass is 16.6. The van der Waals surface area contributed by atoms with Crippen LogP contribution in [0.5, 0.6) is 0 Å². The Morgan fingerprint density at radius 2 is 1.03 bits per heavy atom. The van der Waals surface area contributed by atoms with Crippen LogP contribution in [0.25, 0.3) is 0 Å². The van der Waals surface area contributed by atoms with Gasteiger partial charge in [0.1, 0.15) is 28.2 Å². The van der Waals surface area contributed by atoms with Gasteiger partial charge in [0.15, 0.2) is 0 Å². The summed E-state index contributed by atoms with van der Waals surface area (Å²) in [6.07, 6.45) is 9.90. The van der Waals surface area contributed by atoms with Crippen molar-refractivity contribution in [3.63, 3.8) is 0 Å². The lowest BCUT2D eigenvalue weighted by Crippen LogP contribution is -2.49. The third kappa shape index (κ3) is 16.3. The summed E-state index contributed by atoms with van der Waals surface area (Å²) in [5, 5.41) is 14.3. The Kier molecular flexibility index (Phi) is 16.4. The first kappa shape index (κ1) is 49.6. The normalized spacial score (nSPS) is 18.3. The average molecular weight is 899 g/mol. The van der Waals surface area contributed by atoms with Gasteiger partial charge in [-0.3, -0.25) is 30.2 Å². The van der Waals surface area contributed by atoms with Gasteiger partial charge in [0, 0.05) is 74.9 Å². The van der Waals surface area contributed by atoms with Crippen LogP contribution in [0.4, 0.5) is 48.5 Å². The number of nitrogens with zero attached hydrogens (tertiary/aromatic N) is 4. The molecule has 4 aliphatic rings. The maximum Gasteiger partial charge on any atom is 0.412 e. The maximum atomic E-state index is 12.8. The van der Waals surface area contributed by atoms with E-state index in [9.17, 15) is 24.0 Å². The number of rotatable bonds is 9. The molecule has 352 valence electrons. The number of hydrogen-bond donors (Lipinski definition) is 6. The lowest BCUT2D eigenvalue weighted by molar-refractivity contribution is -0.111. The molecule has 18 heteroatoms. The SMILES string of the molecule is CC(C)(C)OC(=O)Nc1ccc(N2CCC[C@@H](N)C2)c(NC(=O)C2=NC=CC2)c1.CC(C)(C)OC(=O)Nc1ccc(N2CCC[C@@H](NC(=O)OC(C)(C)C)C2)c(NC(=O)C2=NC=CC2)c1. The molecule has 0 aliphatic carbocycles. The van der Waals surface area contributed by atoms with Gasteiger partial charge in [0.05, 0.1) is 22.7 Å². The molecule has 4 aliphatic heterocycles.